The summed E-state index contributed by atoms with van der Waals surface area (Å²) >= 11 is 0. The van der Waals surface area contributed by atoms with Crippen molar-refractivity contribution in [2.45, 2.75) is 49.9 Å². The van der Waals surface area contributed by atoms with Gasteiger partial charge in [-0.2, -0.15) is 13.2 Å². The van der Waals surface area contributed by atoms with E-state index in [1.54, 1.807) is 6.07 Å². The van der Waals surface area contributed by atoms with Gasteiger partial charge in [-0.05, 0) is 31.7 Å². The Hall–Kier alpha value is -1.23. The molecule has 1 heterocycles. The fourth-order valence-electron chi connectivity index (χ4n) is 3.55. The second-order valence-corrected chi connectivity index (χ2v) is 5.97. The number of halogens is 3. The van der Waals surface area contributed by atoms with Gasteiger partial charge in [-0.1, -0.05) is 18.2 Å². The van der Waals surface area contributed by atoms with E-state index in [1.165, 1.54) is 0 Å². The fourth-order valence-corrected chi connectivity index (χ4v) is 3.55. The molecule has 1 fully saturated rings. The van der Waals surface area contributed by atoms with E-state index in [4.69, 9.17) is 10.5 Å². The molecule has 1 spiro atoms. The highest BCUT2D eigenvalue weighted by Crippen LogP contribution is 2.49. The summed E-state index contributed by atoms with van der Waals surface area (Å²) < 4.78 is 44.9. The Balaban J connectivity index is 1.87. The van der Waals surface area contributed by atoms with E-state index in [0.717, 1.165) is 5.56 Å². The lowest BCUT2D eigenvalue weighted by molar-refractivity contribution is -0.199. The van der Waals surface area contributed by atoms with Crippen molar-refractivity contribution in [3.05, 3.63) is 29.8 Å². The van der Waals surface area contributed by atoms with E-state index in [-0.39, 0.29) is 18.9 Å². The number of rotatable bonds is 0. The van der Waals surface area contributed by atoms with Gasteiger partial charge in [-0.3, -0.25) is 0 Å². The highest BCUT2D eigenvalue weighted by Gasteiger charge is 2.50. The number of nitrogens with two attached hydrogens (primary N) is 1. The zero-order valence-corrected chi connectivity index (χ0v) is 11.1. The minimum absolute atomic E-state index is 0.0263. The summed E-state index contributed by atoms with van der Waals surface area (Å²) in [5.74, 6) is -0.622. The third-order valence-electron chi connectivity index (χ3n) is 4.50. The quantitative estimate of drug-likeness (QED) is 0.783. The molecule has 0 aromatic heterocycles. The molecule has 1 aliphatic heterocycles. The average Bonchev–Trinajstić information content (AvgIpc) is 2.37. The minimum atomic E-state index is -4.14. The highest BCUT2D eigenvalue weighted by molar-refractivity contribution is 5.38. The summed E-state index contributed by atoms with van der Waals surface area (Å²) in [7, 11) is 0. The van der Waals surface area contributed by atoms with Crippen molar-refractivity contribution in [2.75, 3.05) is 0 Å². The lowest BCUT2D eigenvalue weighted by Gasteiger charge is -2.46. The Morgan fingerprint density at radius 3 is 2.70 bits per heavy atom. The van der Waals surface area contributed by atoms with Gasteiger partial charge in [0.15, 0.2) is 0 Å². The molecule has 110 valence electrons. The van der Waals surface area contributed by atoms with Crippen molar-refractivity contribution in [3.63, 3.8) is 0 Å². The predicted molar refractivity (Wildman–Crippen MR) is 69.4 cm³/mol. The van der Waals surface area contributed by atoms with Gasteiger partial charge in [0.2, 0.25) is 0 Å². The van der Waals surface area contributed by atoms with Crippen molar-refractivity contribution < 1.29 is 17.9 Å². The van der Waals surface area contributed by atoms with Crippen LogP contribution in [-0.4, -0.2) is 11.8 Å². The number of benzene rings is 1. The summed E-state index contributed by atoms with van der Waals surface area (Å²) in [5, 5.41) is 0. The van der Waals surface area contributed by atoms with Crippen molar-refractivity contribution in [1.82, 2.24) is 0 Å². The number of alkyl halides is 3. The maximum Gasteiger partial charge on any atom is 0.391 e. The van der Waals surface area contributed by atoms with E-state index < -0.39 is 17.7 Å². The molecule has 0 radical (unpaired) electrons. The lowest BCUT2D eigenvalue weighted by Crippen LogP contribution is -2.48. The monoisotopic (exact) mass is 285 g/mol. The molecule has 1 saturated carbocycles. The van der Waals surface area contributed by atoms with E-state index in [0.29, 0.717) is 25.0 Å². The first-order valence-electron chi connectivity index (χ1n) is 7.00. The molecule has 1 aromatic carbocycles. The maximum absolute atomic E-state index is 13.0. The summed E-state index contributed by atoms with van der Waals surface area (Å²) in [4.78, 5) is 0. The van der Waals surface area contributed by atoms with Gasteiger partial charge < -0.3 is 10.5 Å². The van der Waals surface area contributed by atoms with E-state index in [2.05, 4.69) is 0 Å². The standard InChI is InChI=1S/C15H18F3NO/c16-15(17,18)10-4-3-7-14(8-10)9-12(19)11-5-1-2-6-13(11)20-14/h1-2,5-6,10,12H,3-4,7-9,19H2/t10?,12-,14?/m0/s1. The third-order valence-corrected chi connectivity index (χ3v) is 4.50. The molecule has 3 atom stereocenters. The molecule has 1 aromatic rings. The van der Waals surface area contributed by atoms with Gasteiger partial charge in [-0.25, -0.2) is 0 Å². The second kappa shape index (κ2) is 4.65. The molecular formula is C15H18F3NO. The number of hydrogen-bond acceptors (Lipinski definition) is 2. The molecule has 20 heavy (non-hydrogen) atoms. The Labute approximate surface area is 116 Å². The van der Waals surface area contributed by atoms with Gasteiger partial charge in [0.25, 0.3) is 0 Å². The van der Waals surface area contributed by atoms with Gasteiger partial charge in [0.05, 0.1) is 5.92 Å². The normalized spacial score (nSPS) is 33.6. The molecule has 2 N–H and O–H groups in total. The zero-order valence-electron chi connectivity index (χ0n) is 11.1. The molecule has 0 amide bonds. The molecule has 2 unspecified atom stereocenters. The zero-order chi connectivity index (χ0) is 14.4. The fraction of sp³-hybridized carbons (Fsp3) is 0.600. The van der Waals surface area contributed by atoms with Crippen LogP contribution >= 0.6 is 0 Å². The number of hydrogen-bond donors (Lipinski definition) is 1. The van der Waals surface area contributed by atoms with Gasteiger partial charge in [0.1, 0.15) is 11.4 Å². The van der Waals surface area contributed by atoms with Crippen molar-refractivity contribution in [3.8, 4) is 5.75 Å². The second-order valence-electron chi connectivity index (χ2n) is 5.97. The number of fused-ring (bicyclic) bond motifs is 1. The summed E-state index contributed by atoms with van der Waals surface area (Å²) in [6.45, 7) is 0. The largest absolute Gasteiger partial charge is 0.487 e. The first-order valence-corrected chi connectivity index (χ1v) is 7.00. The average molecular weight is 285 g/mol. The molecule has 3 rings (SSSR count). The van der Waals surface area contributed by atoms with Crippen LogP contribution in [0.25, 0.3) is 0 Å². The van der Waals surface area contributed by atoms with Crippen molar-refractivity contribution in [2.24, 2.45) is 11.7 Å². The highest BCUT2D eigenvalue weighted by atomic mass is 19.4. The summed E-state index contributed by atoms with van der Waals surface area (Å²) in [6.07, 6.45) is -2.25. The van der Waals surface area contributed by atoms with Crippen LogP contribution in [0.1, 0.15) is 43.7 Å². The van der Waals surface area contributed by atoms with E-state index >= 15 is 0 Å². The number of ether oxygens (including phenoxy) is 1. The van der Waals surface area contributed by atoms with Gasteiger partial charge >= 0.3 is 6.18 Å². The van der Waals surface area contributed by atoms with Gasteiger partial charge in [-0.15, -0.1) is 0 Å². The lowest BCUT2D eigenvalue weighted by atomic mass is 9.72. The summed E-state index contributed by atoms with van der Waals surface area (Å²) in [5.41, 5.74) is 6.30. The molecule has 1 aliphatic carbocycles. The van der Waals surface area contributed by atoms with Crippen LogP contribution in [0.4, 0.5) is 13.2 Å². The molecule has 2 aliphatic rings. The third kappa shape index (κ3) is 2.39. The SMILES string of the molecule is N[C@H]1CC2(CCCC(C(F)(F)F)C2)Oc2ccccc21. The topological polar surface area (TPSA) is 35.2 Å². The van der Waals surface area contributed by atoms with Crippen LogP contribution in [0.3, 0.4) is 0 Å². The Bertz CT molecular complexity index is 502. The predicted octanol–water partition coefficient (Wildman–Crippen LogP) is 3.96. The Morgan fingerprint density at radius 1 is 1.20 bits per heavy atom. The molecule has 0 saturated heterocycles. The smallest absolute Gasteiger partial charge is 0.391 e. The van der Waals surface area contributed by atoms with Crippen LogP contribution in [0.15, 0.2) is 24.3 Å². The maximum atomic E-state index is 13.0. The van der Waals surface area contributed by atoms with Crippen LogP contribution in [0.2, 0.25) is 0 Å². The van der Waals surface area contributed by atoms with Crippen molar-refractivity contribution in [1.29, 1.82) is 0 Å². The van der Waals surface area contributed by atoms with Crippen LogP contribution in [0.5, 0.6) is 5.75 Å². The number of para-hydroxylation sites is 1. The van der Waals surface area contributed by atoms with E-state index in [1.807, 2.05) is 18.2 Å². The van der Waals surface area contributed by atoms with Crippen LogP contribution < -0.4 is 10.5 Å². The first kappa shape index (κ1) is 13.7. The Morgan fingerprint density at radius 2 is 1.95 bits per heavy atom. The van der Waals surface area contributed by atoms with Gasteiger partial charge in [0, 0.05) is 18.0 Å². The Kier molecular flexibility index (Phi) is 3.20. The van der Waals surface area contributed by atoms with Crippen molar-refractivity contribution >= 4 is 0 Å². The first-order chi connectivity index (χ1) is 9.40. The van der Waals surface area contributed by atoms with Crippen LogP contribution in [0, 0.1) is 5.92 Å². The minimum Gasteiger partial charge on any atom is -0.487 e. The molecular weight excluding hydrogens is 267 g/mol. The summed E-state index contributed by atoms with van der Waals surface area (Å²) in [6, 6.07) is 7.14. The van der Waals surface area contributed by atoms with Crippen LogP contribution in [-0.2, 0) is 0 Å². The molecule has 2 nitrogen and oxygen atoms in total. The molecule has 5 heteroatoms. The molecule has 0 bridgehead atoms. The van der Waals surface area contributed by atoms with E-state index in [9.17, 15) is 13.2 Å².